The Balaban J connectivity index is 1.58. The van der Waals surface area contributed by atoms with Gasteiger partial charge < -0.3 is 20.1 Å². The van der Waals surface area contributed by atoms with Crippen LogP contribution >= 0.6 is 23.4 Å². The van der Waals surface area contributed by atoms with Crippen LogP contribution in [0.5, 0.6) is 11.5 Å². The molecule has 34 heavy (non-hydrogen) atoms. The zero-order valence-corrected chi connectivity index (χ0v) is 20.4. The Hall–Kier alpha value is -3.16. The number of halogens is 1. The predicted octanol–water partition coefficient (Wildman–Crippen LogP) is 6.18. The molecular weight excluding hydrogens is 472 g/mol. The molecule has 1 saturated carbocycles. The standard InChI is InChI=1S/C26H25ClN2O4S/c1-32-22-15-23(33-2)21(14-20(22)27)29-26(31)24(16-7-4-3-5-8-16)34-19-10-6-9-18(13-19)28-25(30)17-11-12-17/h3-10,13-15,17,24H,11-12H2,1-2H3,(H,28,30)(H,29,31). The number of benzene rings is 3. The van der Waals surface area contributed by atoms with Crippen molar-refractivity contribution in [3.05, 3.63) is 77.3 Å². The maximum atomic E-state index is 13.5. The fraction of sp³-hybridized carbons (Fsp3) is 0.231. The van der Waals surface area contributed by atoms with E-state index in [9.17, 15) is 9.59 Å². The summed E-state index contributed by atoms with van der Waals surface area (Å²) >= 11 is 7.68. The molecule has 1 atom stereocenters. The largest absolute Gasteiger partial charge is 0.495 e. The molecule has 4 rings (SSSR count). The molecule has 8 heteroatoms. The summed E-state index contributed by atoms with van der Waals surface area (Å²) in [6.07, 6.45) is 1.88. The zero-order chi connectivity index (χ0) is 24.1. The van der Waals surface area contributed by atoms with Gasteiger partial charge in [0, 0.05) is 22.6 Å². The van der Waals surface area contributed by atoms with Gasteiger partial charge in [0.1, 0.15) is 16.7 Å². The third kappa shape index (κ3) is 5.85. The molecule has 0 bridgehead atoms. The monoisotopic (exact) mass is 496 g/mol. The molecule has 0 aromatic heterocycles. The number of hydrogen-bond acceptors (Lipinski definition) is 5. The average Bonchev–Trinajstić information content (AvgIpc) is 3.69. The van der Waals surface area contributed by atoms with Crippen molar-refractivity contribution in [3.8, 4) is 11.5 Å². The fourth-order valence-corrected chi connectivity index (χ4v) is 4.75. The van der Waals surface area contributed by atoms with E-state index in [0.717, 1.165) is 29.0 Å². The van der Waals surface area contributed by atoms with Crippen LogP contribution in [-0.2, 0) is 9.59 Å². The van der Waals surface area contributed by atoms with Gasteiger partial charge in [-0.15, -0.1) is 11.8 Å². The number of nitrogens with one attached hydrogen (secondary N) is 2. The maximum Gasteiger partial charge on any atom is 0.242 e. The van der Waals surface area contributed by atoms with E-state index < -0.39 is 5.25 Å². The van der Waals surface area contributed by atoms with E-state index in [-0.39, 0.29) is 17.7 Å². The van der Waals surface area contributed by atoms with Gasteiger partial charge in [-0.2, -0.15) is 0 Å². The summed E-state index contributed by atoms with van der Waals surface area (Å²) in [6.45, 7) is 0. The first kappa shape index (κ1) is 24.0. The molecule has 0 saturated heterocycles. The van der Waals surface area contributed by atoms with Gasteiger partial charge >= 0.3 is 0 Å². The van der Waals surface area contributed by atoms with Crippen molar-refractivity contribution in [3.63, 3.8) is 0 Å². The number of hydrogen-bond donors (Lipinski definition) is 2. The lowest BCUT2D eigenvalue weighted by molar-refractivity contribution is -0.117. The highest BCUT2D eigenvalue weighted by atomic mass is 35.5. The van der Waals surface area contributed by atoms with Crippen molar-refractivity contribution in [1.82, 2.24) is 0 Å². The van der Waals surface area contributed by atoms with Crippen LogP contribution in [0.3, 0.4) is 0 Å². The summed E-state index contributed by atoms with van der Waals surface area (Å²) in [5.41, 5.74) is 2.01. The average molecular weight is 497 g/mol. The molecular formula is C26H25ClN2O4S. The van der Waals surface area contributed by atoms with E-state index in [1.165, 1.54) is 26.0 Å². The van der Waals surface area contributed by atoms with Gasteiger partial charge in [-0.05, 0) is 42.7 Å². The predicted molar refractivity (Wildman–Crippen MR) is 136 cm³/mol. The molecule has 3 aromatic carbocycles. The van der Waals surface area contributed by atoms with Crippen molar-refractivity contribution < 1.29 is 19.1 Å². The van der Waals surface area contributed by atoms with Crippen LogP contribution < -0.4 is 20.1 Å². The molecule has 1 fully saturated rings. The fourth-order valence-electron chi connectivity index (χ4n) is 3.43. The summed E-state index contributed by atoms with van der Waals surface area (Å²) in [7, 11) is 3.03. The first-order valence-corrected chi connectivity index (χ1v) is 12.1. The van der Waals surface area contributed by atoms with Crippen molar-refractivity contribution in [2.24, 2.45) is 5.92 Å². The Labute approximate surface area is 208 Å². The third-order valence-corrected chi connectivity index (χ3v) is 6.92. The lowest BCUT2D eigenvalue weighted by Gasteiger charge is -2.19. The Morgan fingerprint density at radius 2 is 1.68 bits per heavy atom. The summed E-state index contributed by atoms with van der Waals surface area (Å²) in [6, 6.07) is 20.3. The Bertz CT molecular complexity index is 1180. The van der Waals surface area contributed by atoms with E-state index in [2.05, 4.69) is 10.6 Å². The number of methoxy groups -OCH3 is 2. The zero-order valence-electron chi connectivity index (χ0n) is 18.8. The molecule has 0 spiro atoms. The second-order valence-corrected chi connectivity index (χ2v) is 9.46. The summed E-state index contributed by atoms with van der Waals surface area (Å²) in [5.74, 6) is 0.823. The highest BCUT2D eigenvalue weighted by Crippen LogP contribution is 2.40. The molecule has 0 radical (unpaired) electrons. The van der Waals surface area contributed by atoms with Gasteiger partial charge in [-0.3, -0.25) is 9.59 Å². The molecule has 1 aliphatic carbocycles. The number of carbonyl (C=O) groups is 2. The quantitative estimate of drug-likeness (QED) is 0.346. The van der Waals surface area contributed by atoms with Crippen LogP contribution in [0, 0.1) is 5.92 Å². The first-order valence-electron chi connectivity index (χ1n) is 10.8. The number of ether oxygens (including phenoxy) is 2. The summed E-state index contributed by atoms with van der Waals surface area (Å²) in [4.78, 5) is 26.5. The molecule has 0 aliphatic heterocycles. The van der Waals surface area contributed by atoms with Gasteiger partial charge in [0.15, 0.2) is 0 Å². The first-order chi connectivity index (χ1) is 16.5. The second kappa shape index (κ2) is 10.8. The Morgan fingerprint density at radius 3 is 2.35 bits per heavy atom. The van der Waals surface area contributed by atoms with Gasteiger partial charge in [0.25, 0.3) is 0 Å². The van der Waals surface area contributed by atoms with Crippen LogP contribution in [0.4, 0.5) is 11.4 Å². The number of anilines is 2. The van der Waals surface area contributed by atoms with Gasteiger partial charge in [-0.25, -0.2) is 0 Å². The van der Waals surface area contributed by atoms with E-state index >= 15 is 0 Å². The molecule has 2 amide bonds. The van der Waals surface area contributed by atoms with Crippen LogP contribution in [0.15, 0.2) is 71.6 Å². The molecule has 6 nitrogen and oxygen atoms in total. The van der Waals surface area contributed by atoms with Crippen molar-refractivity contribution >= 4 is 46.6 Å². The summed E-state index contributed by atoms with van der Waals surface area (Å²) in [5, 5.41) is 5.72. The highest BCUT2D eigenvalue weighted by Gasteiger charge is 2.29. The molecule has 176 valence electrons. The number of amides is 2. The number of rotatable bonds is 9. The minimum absolute atomic E-state index is 0.0444. The van der Waals surface area contributed by atoms with E-state index in [1.54, 1.807) is 12.1 Å². The highest BCUT2D eigenvalue weighted by molar-refractivity contribution is 8.00. The van der Waals surface area contributed by atoms with E-state index in [0.29, 0.717) is 22.2 Å². The van der Waals surface area contributed by atoms with Crippen molar-refractivity contribution in [1.29, 1.82) is 0 Å². The minimum Gasteiger partial charge on any atom is -0.495 e. The maximum absolute atomic E-state index is 13.5. The molecule has 0 heterocycles. The van der Waals surface area contributed by atoms with Crippen LogP contribution in [-0.4, -0.2) is 26.0 Å². The van der Waals surface area contributed by atoms with Gasteiger partial charge in [0.05, 0.1) is 24.9 Å². The number of carbonyl (C=O) groups excluding carboxylic acids is 2. The molecule has 2 N–H and O–H groups in total. The van der Waals surface area contributed by atoms with E-state index in [1.807, 2.05) is 54.6 Å². The van der Waals surface area contributed by atoms with E-state index in [4.69, 9.17) is 21.1 Å². The SMILES string of the molecule is COc1cc(OC)c(NC(=O)C(Sc2cccc(NC(=O)C3CC3)c2)c2ccccc2)cc1Cl. The van der Waals surface area contributed by atoms with Crippen molar-refractivity contribution in [2.75, 3.05) is 24.9 Å². The van der Waals surface area contributed by atoms with Crippen molar-refractivity contribution in [2.45, 2.75) is 23.0 Å². The normalized spacial score (nSPS) is 13.6. The molecule has 3 aromatic rings. The number of thioether (sulfide) groups is 1. The Kier molecular flexibility index (Phi) is 7.65. The molecule has 1 aliphatic rings. The molecule has 1 unspecified atom stereocenters. The second-order valence-electron chi connectivity index (χ2n) is 7.88. The van der Waals surface area contributed by atoms with Crippen LogP contribution in [0.2, 0.25) is 5.02 Å². The lowest BCUT2D eigenvalue weighted by atomic mass is 10.1. The summed E-state index contributed by atoms with van der Waals surface area (Å²) < 4.78 is 10.7. The lowest BCUT2D eigenvalue weighted by Crippen LogP contribution is -2.19. The smallest absolute Gasteiger partial charge is 0.242 e. The topological polar surface area (TPSA) is 76.7 Å². The van der Waals surface area contributed by atoms with Crippen LogP contribution in [0.25, 0.3) is 0 Å². The van der Waals surface area contributed by atoms with Gasteiger partial charge in [-0.1, -0.05) is 48.0 Å². The Morgan fingerprint density at radius 1 is 0.941 bits per heavy atom. The third-order valence-electron chi connectivity index (χ3n) is 5.38. The minimum atomic E-state index is -0.554. The van der Waals surface area contributed by atoms with Crippen LogP contribution in [0.1, 0.15) is 23.7 Å². The van der Waals surface area contributed by atoms with Gasteiger partial charge in [0.2, 0.25) is 11.8 Å².